The molecule has 1 unspecified atom stereocenters. The largest absolute Gasteiger partial charge is 0.481 e. The lowest BCUT2D eigenvalue weighted by Gasteiger charge is -2.72. The molecule has 0 aromatic heterocycles. The molecule has 5 fully saturated rings. The Morgan fingerprint density at radius 2 is 1.71 bits per heavy atom. The first-order valence-corrected chi connectivity index (χ1v) is 22.7. The Bertz CT molecular complexity index is 1620. The maximum Gasteiger partial charge on any atom is 0.312 e. The molecule has 6 nitrogen and oxygen atoms in total. The number of rotatable bonds is 8. The predicted octanol–water partition coefficient (Wildman–Crippen LogP) is 8.79. The molecular formula is C44H69FN2O4S. The van der Waals surface area contributed by atoms with E-state index in [4.69, 9.17) is 0 Å². The van der Waals surface area contributed by atoms with Gasteiger partial charge in [0.2, 0.25) is 0 Å². The summed E-state index contributed by atoms with van der Waals surface area (Å²) in [6.45, 7) is 22.4. The van der Waals surface area contributed by atoms with Gasteiger partial charge in [0.1, 0.15) is 6.67 Å². The summed E-state index contributed by atoms with van der Waals surface area (Å²) in [6, 6.07) is 0. The van der Waals surface area contributed by atoms with Crippen molar-refractivity contribution in [3.05, 3.63) is 35.5 Å². The highest BCUT2D eigenvalue weighted by molar-refractivity contribution is 7.91. The van der Waals surface area contributed by atoms with Crippen LogP contribution in [0.15, 0.2) is 35.5 Å². The first-order chi connectivity index (χ1) is 24.4. The Morgan fingerprint density at radius 3 is 2.38 bits per heavy atom. The summed E-state index contributed by atoms with van der Waals surface area (Å²) < 4.78 is 38.5. The third-order valence-electron chi connectivity index (χ3n) is 17.9. The van der Waals surface area contributed by atoms with Crippen molar-refractivity contribution >= 4 is 15.8 Å². The van der Waals surface area contributed by atoms with Gasteiger partial charge in [0.15, 0.2) is 9.84 Å². The van der Waals surface area contributed by atoms with Gasteiger partial charge >= 0.3 is 5.97 Å². The maximum atomic E-state index is 14.0. The molecule has 8 heteroatoms. The molecule has 10 atom stereocenters. The monoisotopic (exact) mass is 740 g/mol. The van der Waals surface area contributed by atoms with Gasteiger partial charge in [0, 0.05) is 25.2 Å². The number of carboxylic acids is 1. The van der Waals surface area contributed by atoms with Crippen LogP contribution in [-0.4, -0.2) is 74.3 Å². The summed E-state index contributed by atoms with van der Waals surface area (Å²) in [5, 5.41) is 14.0. The zero-order valence-electron chi connectivity index (χ0n) is 33.3. The van der Waals surface area contributed by atoms with Gasteiger partial charge in [0.05, 0.1) is 16.9 Å². The first kappa shape index (κ1) is 38.8. The lowest BCUT2D eigenvalue weighted by Crippen LogP contribution is -2.68. The minimum atomic E-state index is -2.91. The number of nitrogens with zero attached hydrogens (tertiary/aromatic N) is 1. The fraction of sp³-hybridized carbons (Fsp3) is 0.841. The van der Waals surface area contributed by atoms with Gasteiger partial charge < -0.3 is 15.3 Å². The summed E-state index contributed by atoms with van der Waals surface area (Å²) in [5.74, 6) is 2.61. The minimum Gasteiger partial charge on any atom is -0.481 e. The molecule has 1 heterocycles. The van der Waals surface area contributed by atoms with Crippen LogP contribution in [-0.2, 0) is 14.6 Å². The van der Waals surface area contributed by atoms with Crippen molar-refractivity contribution in [3.8, 4) is 0 Å². The molecule has 52 heavy (non-hydrogen) atoms. The highest BCUT2D eigenvalue weighted by Gasteiger charge is 2.70. The van der Waals surface area contributed by atoms with Crippen LogP contribution in [0.25, 0.3) is 0 Å². The second-order valence-corrected chi connectivity index (χ2v) is 22.6. The lowest BCUT2D eigenvalue weighted by molar-refractivity contribution is -0.221. The highest BCUT2D eigenvalue weighted by Crippen LogP contribution is 2.76. The number of fused-ring (bicyclic) bond motifs is 7. The van der Waals surface area contributed by atoms with Crippen molar-refractivity contribution in [2.24, 2.45) is 56.7 Å². The molecule has 1 aliphatic heterocycles. The maximum absolute atomic E-state index is 14.0. The van der Waals surface area contributed by atoms with Crippen molar-refractivity contribution < 1.29 is 22.7 Å². The molecular weight excluding hydrogens is 672 g/mol. The van der Waals surface area contributed by atoms with Gasteiger partial charge in [0.25, 0.3) is 0 Å². The highest BCUT2D eigenvalue weighted by atomic mass is 32.2. The Morgan fingerprint density at radius 1 is 0.942 bits per heavy atom. The van der Waals surface area contributed by atoms with Crippen LogP contribution >= 0.6 is 0 Å². The van der Waals surface area contributed by atoms with E-state index < -0.39 is 27.9 Å². The molecule has 6 aliphatic carbocycles. The van der Waals surface area contributed by atoms with E-state index in [0.29, 0.717) is 60.5 Å². The van der Waals surface area contributed by atoms with Gasteiger partial charge in [-0.1, -0.05) is 58.9 Å². The van der Waals surface area contributed by atoms with Crippen LogP contribution in [0.5, 0.6) is 0 Å². The fourth-order valence-corrected chi connectivity index (χ4v) is 16.1. The van der Waals surface area contributed by atoms with E-state index in [0.717, 1.165) is 32.5 Å². The van der Waals surface area contributed by atoms with Crippen LogP contribution in [0.1, 0.15) is 125 Å². The zero-order chi connectivity index (χ0) is 37.5. The quantitative estimate of drug-likeness (QED) is 0.242. The Balaban J connectivity index is 1.13. The van der Waals surface area contributed by atoms with E-state index in [2.05, 4.69) is 70.5 Å². The van der Waals surface area contributed by atoms with Gasteiger partial charge in [-0.25, -0.2) is 12.8 Å². The molecule has 7 aliphatic rings. The number of alkyl halides is 1. The molecule has 7 rings (SSSR count). The normalized spacial score (nSPS) is 45.6. The molecule has 0 amide bonds. The van der Waals surface area contributed by atoms with Crippen LogP contribution in [0.3, 0.4) is 0 Å². The molecule has 2 N–H and O–H groups in total. The Kier molecular flexibility index (Phi) is 9.92. The van der Waals surface area contributed by atoms with Gasteiger partial charge in [-0.3, -0.25) is 4.79 Å². The SMILES string of the molecule is C=C(C)[C@@H]1CC[C@]2(NCCN3CCCS(=O)(=O)CC3)CC[C@]3(C)[C@H](CC[C@@H]4[C@@]5(C)CC=C(C6=CCC(CF)(C(=O)O)CC6)C(C)(C)[C@@H]5CC[C@]43C)[C@@H]12. The van der Waals surface area contributed by atoms with E-state index in [9.17, 15) is 22.7 Å². The summed E-state index contributed by atoms with van der Waals surface area (Å²) in [4.78, 5) is 14.4. The van der Waals surface area contributed by atoms with Crippen LogP contribution in [0.2, 0.25) is 0 Å². The van der Waals surface area contributed by atoms with Crippen molar-refractivity contribution in [1.29, 1.82) is 0 Å². The molecule has 0 aromatic carbocycles. The molecule has 1 saturated heterocycles. The topological polar surface area (TPSA) is 86.7 Å². The number of halogens is 1. The molecule has 0 aromatic rings. The van der Waals surface area contributed by atoms with Gasteiger partial charge in [-0.15, -0.1) is 0 Å². The van der Waals surface area contributed by atoms with E-state index >= 15 is 0 Å². The average Bonchev–Trinajstić information content (AvgIpc) is 3.38. The first-order valence-electron chi connectivity index (χ1n) is 20.9. The predicted molar refractivity (Wildman–Crippen MR) is 208 cm³/mol. The number of carboxylic acid groups (broad SMARTS) is 1. The van der Waals surface area contributed by atoms with Crippen LogP contribution in [0, 0.1) is 56.7 Å². The second kappa shape index (κ2) is 13.3. The van der Waals surface area contributed by atoms with E-state index in [1.165, 1.54) is 68.1 Å². The minimum absolute atomic E-state index is 0.0173. The molecule has 0 bridgehead atoms. The third-order valence-corrected chi connectivity index (χ3v) is 19.6. The molecule has 4 saturated carbocycles. The summed E-state index contributed by atoms with van der Waals surface area (Å²) in [6.07, 6.45) is 17.7. The zero-order valence-corrected chi connectivity index (χ0v) is 34.1. The standard InChI is InChI=1S/C44H69FN2O4S/c1-30(2)32-13-20-44(46-23-25-47-24-8-27-52(50,51)28-26-47)22-21-41(6)34(37(32)44)9-10-36-40(5)16-14-33(39(3,4)35(40)15-17-42(36,41)7)31-11-18-43(29-45,19-12-31)38(48)49/h11,14,32,34-37,46H,1,8-10,12-13,15-29H2,2-7H3,(H,48,49)/t32-,34+,35-,36+,37+,40-,41+,42+,43?,44-/m0/s1. The number of aliphatic carboxylic acids is 1. The number of allylic oxidation sites excluding steroid dienone is 5. The van der Waals surface area contributed by atoms with Crippen molar-refractivity contribution in [1.82, 2.24) is 10.2 Å². The average molecular weight is 741 g/mol. The second-order valence-electron chi connectivity index (χ2n) is 20.3. The van der Waals surface area contributed by atoms with E-state index in [-0.39, 0.29) is 33.6 Å². The lowest BCUT2D eigenvalue weighted by atomic mass is 9.33. The number of sulfone groups is 1. The number of hydrogen-bond acceptors (Lipinski definition) is 5. The summed E-state index contributed by atoms with van der Waals surface area (Å²) in [5.41, 5.74) is 3.59. The van der Waals surface area contributed by atoms with E-state index in [1.54, 1.807) is 0 Å². The number of carbonyl (C=O) groups is 1. The van der Waals surface area contributed by atoms with Crippen LogP contribution in [0.4, 0.5) is 4.39 Å². The Hall–Kier alpha value is -1.51. The van der Waals surface area contributed by atoms with Crippen LogP contribution < -0.4 is 5.32 Å². The van der Waals surface area contributed by atoms with Gasteiger partial charge in [-0.05, 0) is 159 Å². The third kappa shape index (κ3) is 5.87. The summed E-state index contributed by atoms with van der Waals surface area (Å²) >= 11 is 0. The smallest absolute Gasteiger partial charge is 0.312 e. The van der Waals surface area contributed by atoms with Gasteiger partial charge in [-0.2, -0.15) is 0 Å². The van der Waals surface area contributed by atoms with Crippen molar-refractivity contribution in [3.63, 3.8) is 0 Å². The molecule has 0 radical (unpaired) electrons. The molecule has 0 spiro atoms. The van der Waals surface area contributed by atoms with E-state index in [1.807, 2.05) is 0 Å². The van der Waals surface area contributed by atoms with Crippen molar-refractivity contribution in [2.45, 2.75) is 131 Å². The Labute approximate surface area is 314 Å². The number of nitrogens with one attached hydrogen (secondary N) is 1. The molecule has 292 valence electrons. The van der Waals surface area contributed by atoms with Crippen molar-refractivity contribution in [2.75, 3.05) is 44.4 Å². The number of hydrogen-bond donors (Lipinski definition) is 2. The fourth-order valence-electron chi connectivity index (χ4n) is 14.8. The summed E-state index contributed by atoms with van der Waals surface area (Å²) in [7, 11) is -2.91.